The third-order valence-electron chi connectivity index (χ3n) is 5.28. The molecule has 1 amide bonds. The van der Waals surface area contributed by atoms with Crippen molar-refractivity contribution in [3.63, 3.8) is 0 Å². The van der Waals surface area contributed by atoms with Crippen LogP contribution in [0.3, 0.4) is 0 Å². The lowest BCUT2D eigenvalue weighted by molar-refractivity contribution is -0.138. The first-order valence-electron chi connectivity index (χ1n) is 8.98. The minimum atomic E-state index is -0.395. The molecule has 0 aliphatic carbocycles. The SMILES string of the molecule is CCNC(=O)C12CCOCC1CN(c1nnc(CC)c(CC)n1)C2. The number of fused-ring (bicyclic) bond motifs is 1. The molecule has 0 spiro atoms. The van der Waals surface area contributed by atoms with E-state index in [1.807, 2.05) is 6.92 Å². The van der Waals surface area contributed by atoms with E-state index in [9.17, 15) is 4.79 Å². The molecule has 2 fully saturated rings. The Kier molecular flexibility index (Phi) is 4.99. The number of rotatable bonds is 5. The summed E-state index contributed by atoms with van der Waals surface area (Å²) in [6.07, 6.45) is 2.43. The van der Waals surface area contributed by atoms with Crippen LogP contribution in [-0.2, 0) is 22.4 Å². The number of ether oxygens (including phenoxy) is 1. The molecule has 7 heteroatoms. The molecule has 1 aromatic heterocycles. The van der Waals surface area contributed by atoms with Crippen LogP contribution in [0, 0.1) is 11.3 Å². The largest absolute Gasteiger partial charge is 0.381 e. The van der Waals surface area contributed by atoms with E-state index in [4.69, 9.17) is 9.72 Å². The summed E-state index contributed by atoms with van der Waals surface area (Å²) in [6, 6.07) is 0. The fourth-order valence-electron chi connectivity index (χ4n) is 3.87. The Bertz CT molecular complexity index is 609. The van der Waals surface area contributed by atoms with Crippen LogP contribution in [0.5, 0.6) is 0 Å². The molecule has 3 rings (SSSR count). The van der Waals surface area contributed by atoms with Gasteiger partial charge >= 0.3 is 0 Å². The summed E-state index contributed by atoms with van der Waals surface area (Å²) in [4.78, 5) is 19.6. The molecule has 132 valence electrons. The van der Waals surface area contributed by atoms with Gasteiger partial charge in [-0.15, -0.1) is 5.10 Å². The lowest BCUT2D eigenvalue weighted by Gasteiger charge is -2.36. The highest BCUT2D eigenvalue weighted by Gasteiger charge is 2.54. The van der Waals surface area contributed by atoms with Crippen molar-refractivity contribution >= 4 is 11.9 Å². The van der Waals surface area contributed by atoms with E-state index in [0.717, 1.165) is 37.2 Å². The van der Waals surface area contributed by atoms with Crippen molar-refractivity contribution in [2.24, 2.45) is 11.3 Å². The molecule has 7 nitrogen and oxygen atoms in total. The van der Waals surface area contributed by atoms with Gasteiger partial charge in [0.2, 0.25) is 11.9 Å². The highest BCUT2D eigenvalue weighted by Crippen LogP contribution is 2.43. The van der Waals surface area contributed by atoms with E-state index >= 15 is 0 Å². The smallest absolute Gasteiger partial charge is 0.245 e. The van der Waals surface area contributed by atoms with Crippen molar-refractivity contribution in [2.75, 3.05) is 37.7 Å². The number of aromatic nitrogens is 3. The van der Waals surface area contributed by atoms with Crippen LogP contribution in [0.2, 0.25) is 0 Å². The van der Waals surface area contributed by atoms with Crippen molar-refractivity contribution in [1.82, 2.24) is 20.5 Å². The summed E-state index contributed by atoms with van der Waals surface area (Å²) < 4.78 is 5.64. The van der Waals surface area contributed by atoms with Crippen molar-refractivity contribution < 1.29 is 9.53 Å². The third-order valence-corrected chi connectivity index (χ3v) is 5.28. The summed E-state index contributed by atoms with van der Waals surface area (Å²) in [5.41, 5.74) is 1.56. The van der Waals surface area contributed by atoms with Gasteiger partial charge in [-0.25, -0.2) is 4.98 Å². The first kappa shape index (κ1) is 17.1. The van der Waals surface area contributed by atoms with E-state index in [2.05, 4.69) is 34.3 Å². The minimum absolute atomic E-state index is 0.134. The fourth-order valence-corrected chi connectivity index (χ4v) is 3.87. The second-order valence-electron chi connectivity index (χ2n) is 6.63. The average Bonchev–Trinajstić information content (AvgIpc) is 3.02. The molecule has 0 saturated carbocycles. The maximum absolute atomic E-state index is 12.8. The molecule has 2 atom stereocenters. The highest BCUT2D eigenvalue weighted by molar-refractivity contribution is 5.84. The molecular formula is C17H27N5O2. The molecule has 1 aromatic rings. The Morgan fingerprint density at radius 3 is 2.79 bits per heavy atom. The van der Waals surface area contributed by atoms with Gasteiger partial charge < -0.3 is 15.0 Å². The van der Waals surface area contributed by atoms with E-state index in [1.54, 1.807) is 0 Å². The van der Waals surface area contributed by atoms with Gasteiger partial charge in [-0.1, -0.05) is 13.8 Å². The van der Waals surface area contributed by atoms with Crippen molar-refractivity contribution in [3.05, 3.63) is 11.4 Å². The molecule has 0 aromatic carbocycles. The Hall–Kier alpha value is -1.76. The maximum atomic E-state index is 12.8. The molecule has 0 radical (unpaired) electrons. The van der Waals surface area contributed by atoms with Crippen molar-refractivity contribution in [3.8, 4) is 0 Å². The van der Waals surface area contributed by atoms with Crippen LogP contribution >= 0.6 is 0 Å². The second-order valence-corrected chi connectivity index (χ2v) is 6.63. The predicted octanol–water partition coefficient (Wildman–Crippen LogP) is 0.975. The Labute approximate surface area is 143 Å². The van der Waals surface area contributed by atoms with Gasteiger partial charge in [0.1, 0.15) is 0 Å². The summed E-state index contributed by atoms with van der Waals surface area (Å²) in [6.45, 7) is 9.40. The lowest BCUT2D eigenvalue weighted by Crippen LogP contribution is -2.50. The number of hydrogen-bond donors (Lipinski definition) is 1. The van der Waals surface area contributed by atoms with E-state index < -0.39 is 5.41 Å². The monoisotopic (exact) mass is 333 g/mol. The summed E-state index contributed by atoms with van der Waals surface area (Å²) in [5, 5.41) is 11.7. The third kappa shape index (κ3) is 2.85. The number of anilines is 1. The van der Waals surface area contributed by atoms with Crippen LogP contribution in [-0.4, -0.2) is 53.9 Å². The van der Waals surface area contributed by atoms with Gasteiger partial charge in [0, 0.05) is 32.2 Å². The van der Waals surface area contributed by atoms with Crippen LogP contribution in [0.15, 0.2) is 0 Å². The molecular weight excluding hydrogens is 306 g/mol. The molecule has 1 N–H and O–H groups in total. The van der Waals surface area contributed by atoms with Crippen LogP contribution in [0.1, 0.15) is 38.6 Å². The molecule has 2 aliphatic rings. The zero-order chi connectivity index (χ0) is 17.2. The van der Waals surface area contributed by atoms with Gasteiger partial charge in [-0.3, -0.25) is 4.79 Å². The number of hydrogen-bond acceptors (Lipinski definition) is 6. The first-order valence-corrected chi connectivity index (χ1v) is 8.98. The van der Waals surface area contributed by atoms with Crippen LogP contribution in [0.4, 0.5) is 5.95 Å². The average molecular weight is 333 g/mol. The molecule has 24 heavy (non-hydrogen) atoms. The topological polar surface area (TPSA) is 80.2 Å². The van der Waals surface area contributed by atoms with Crippen LogP contribution < -0.4 is 10.2 Å². The van der Waals surface area contributed by atoms with E-state index in [-0.39, 0.29) is 11.8 Å². The fraction of sp³-hybridized carbons (Fsp3) is 0.765. The molecule has 2 saturated heterocycles. The van der Waals surface area contributed by atoms with Crippen molar-refractivity contribution in [1.29, 1.82) is 0 Å². The van der Waals surface area contributed by atoms with Gasteiger partial charge in [-0.05, 0) is 26.2 Å². The van der Waals surface area contributed by atoms with Gasteiger partial charge in [-0.2, -0.15) is 5.10 Å². The molecule has 2 unspecified atom stereocenters. The number of carbonyl (C=O) groups excluding carboxylic acids is 1. The zero-order valence-electron chi connectivity index (χ0n) is 14.8. The molecule has 0 bridgehead atoms. The zero-order valence-corrected chi connectivity index (χ0v) is 14.8. The Morgan fingerprint density at radius 1 is 1.29 bits per heavy atom. The van der Waals surface area contributed by atoms with E-state index in [0.29, 0.717) is 32.3 Å². The number of carbonyl (C=O) groups is 1. The first-order chi connectivity index (χ1) is 11.6. The van der Waals surface area contributed by atoms with Gasteiger partial charge in [0.15, 0.2) is 0 Å². The highest BCUT2D eigenvalue weighted by atomic mass is 16.5. The maximum Gasteiger partial charge on any atom is 0.245 e. The number of amides is 1. The van der Waals surface area contributed by atoms with Gasteiger partial charge in [0.25, 0.3) is 0 Å². The normalized spacial score (nSPS) is 26.3. The van der Waals surface area contributed by atoms with E-state index in [1.165, 1.54) is 0 Å². The van der Waals surface area contributed by atoms with Gasteiger partial charge in [0.05, 0.1) is 23.4 Å². The van der Waals surface area contributed by atoms with Crippen molar-refractivity contribution in [2.45, 2.75) is 40.0 Å². The van der Waals surface area contributed by atoms with Crippen LogP contribution in [0.25, 0.3) is 0 Å². The number of nitrogens with one attached hydrogen (secondary N) is 1. The Balaban J connectivity index is 1.87. The molecule has 3 heterocycles. The standard InChI is InChI=1S/C17H27N5O2/c1-4-13-14(5-2)20-21-16(19-13)22-9-12-10-24-8-7-17(12,11-22)15(23)18-6-3/h12H,4-11H2,1-3H3,(H,18,23). The minimum Gasteiger partial charge on any atom is -0.381 e. The summed E-state index contributed by atoms with van der Waals surface area (Å²) in [5.74, 6) is 0.953. The summed E-state index contributed by atoms with van der Waals surface area (Å²) >= 11 is 0. The quantitative estimate of drug-likeness (QED) is 0.865. The summed E-state index contributed by atoms with van der Waals surface area (Å²) in [7, 11) is 0. The lowest BCUT2D eigenvalue weighted by atomic mass is 9.73. The predicted molar refractivity (Wildman–Crippen MR) is 90.8 cm³/mol. The Morgan fingerprint density at radius 2 is 2.08 bits per heavy atom. The number of aryl methyl sites for hydroxylation is 2. The molecule has 2 aliphatic heterocycles. The second kappa shape index (κ2) is 7.01. The number of nitrogens with zero attached hydrogens (tertiary/aromatic N) is 4.